The zero-order chi connectivity index (χ0) is 16.6. The molecule has 3 aromatic rings. The number of halogens is 1. The standard InChI is InChI=1S/C14H11ClN4O3S/c1-7(17-14-16-6-12(23-14)19(21)22)10-5-8-4-9(15)2-3-11(8)18-13(10)20/h2-7H,1H3,(H,16,17)(H,18,20). The molecular weight excluding hydrogens is 340 g/mol. The molecule has 118 valence electrons. The number of nitrogens with zero attached hydrogens (tertiary/aromatic N) is 2. The summed E-state index contributed by atoms with van der Waals surface area (Å²) >= 11 is 6.89. The molecule has 0 saturated heterocycles. The van der Waals surface area contributed by atoms with E-state index in [0.717, 1.165) is 16.7 Å². The fourth-order valence-corrected chi connectivity index (χ4v) is 3.10. The molecule has 1 unspecified atom stereocenters. The third kappa shape index (κ3) is 3.17. The SMILES string of the molecule is CC(Nc1ncc([N+](=O)[O-])s1)c1cc2cc(Cl)ccc2[nH]c1=O. The van der Waals surface area contributed by atoms with Gasteiger partial charge in [-0.2, -0.15) is 0 Å². The van der Waals surface area contributed by atoms with Crippen molar-refractivity contribution in [1.82, 2.24) is 9.97 Å². The Balaban J connectivity index is 1.93. The summed E-state index contributed by atoms with van der Waals surface area (Å²) in [5.41, 5.74) is 0.962. The number of hydrogen-bond acceptors (Lipinski definition) is 6. The van der Waals surface area contributed by atoms with E-state index in [2.05, 4.69) is 15.3 Å². The van der Waals surface area contributed by atoms with Crippen LogP contribution >= 0.6 is 22.9 Å². The van der Waals surface area contributed by atoms with Crippen molar-refractivity contribution in [3.63, 3.8) is 0 Å². The molecule has 0 amide bonds. The van der Waals surface area contributed by atoms with Gasteiger partial charge in [-0.15, -0.1) is 0 Å². The fraction of sp³-hybridized carbons (Fsp3) is 0.143. The second kappa shape index (κ2) is 5.98. The Morgan fingerprint density at radius 3 is 2.91 bits per heavy atom. The van der Waals surface area contributed by atoms with E-state index in [1.165, 1.54) is 6.20 Å². The van der Waals surface area contributed by atoms with E-state index in [1.807, 2.05) is 0 Å². The first-order chi connectivity index (χ1) is 10.9. The summed E-state index contributed by atoms with van der Waals surface area (Å²) in [5.74, 6) is 0. The van der Waals surface area contributed by atoms with Crippen molar-refractivity contribution in [1.29, 1.82) is 0 Å². The van der Waals surface area contributed by atoms with Gasteiger partial charge >= 0.3 is 5.00 Å². The zero-order valence-corrected chi connectivity index (χ0v) is 13.4. The van der Waals surface area contributed by atoms with Crippen molar-refractivity contribution in [3.8, 4) is 0 Å². The lowest BCUT2D eigenvalue weighted by molar-refractivity contribution is -0.380. The van der Waals surface area contributed by atoms with E-state index < -0.39 is 4.92 Å². The molecular formula is C14H11ClN4O3S. The van der Waals surface area contributed by atoms with Crippen molar-refractivity contribution in [2.24, 2.45) is 0 Å². The van der Waals surface area contributed by atoms with Gasteiger partial charge in [0.2, 0.25) is 0 Å². The lowest BCUT2D eigenvalue weighted by atomic mass is 10.1. The number of thiazole rings is 1. The number of rotatable bonds is 4. The molecule has 0 aliphatic heterocycles. The summed E-state index contributed by atoms with van der Waals surface area (Å²) in [5, 5.41) is 15.4. The van der Waals surface area contributed by atoms with Gasteiger partial charge in [-0.1, -0.05) is 11.6 Å². The van der Waals surface area contributed by atoms with Gasteiger partial charge < -0.3 is 10.3 Å². The van der Waals surface area contributed by atoms with Crippen LogP contribution in [0.4, 0.5) is 10.1 Å². The van der Waals surface area contributed by atoms with Crippen LogP contribution in [-0.2, 0) is 0 Å². The highest BCUT2D eigenvalue weighted by Crippen LogP contribution is 2.28. The van der Waals surface area contributed by atoms with Crippen molar-refractivity contribution in [3.05, 3.63) is 61.5 Å². The van der Waals surface area contributed by atoms with Gasteiger partial charge in [-0.25, -0.2) is 4.98 Å². The number of anilines is 1. The predicted molar refractivity (Wildman–Crippen MR) is 90.4 cm³/mol. The maximum Gasteiger partial charge on any atom is 0.345 e. The summed E-state index contributed by atoms with van der Waals surface area (Å²) in [4.78, 5) is 29.1. The van der Waals surface area contributed by atoms with E-state index >= 15 is 0 Å². The Morgan fingerprint density at radius 2 is 2.22 bits per heavy atom. The van der Waals surface area contributed by atoms with Crippen LogP contribution in [0.5, 0.6) is 0 Å². The third-order valence-corrected chi connectivity index (χ3v) is 4.43. The van der Waals surface area contributed by atoms with Gasteiger partial charge in [0.05, 0.1) is 11.0 Å². The molecule has 0 radical (unpaired) electrons. The Morgan fingerprint density at radius 1 is 1.43 bits per heavy atom. The molecule has 2 aromatic heterocycles. The van der Waals surface area contributed by atoms with Gasteiger partial charge in [0.25, 0.3) is 5.56 Å². The molecule has 0 fully saturated rings. The maximum absolute atomic E-state index is 12.2. The average molecular weight is 351 g/mol. The molecule has 23 heavy (non-hydrogen) atoms. The fourth-order valence-electron chi connectivity index (χ4n) is 2.20. The maximum atomic E-state index is 12.2. The molecule has 0 saturated carbocycles. The minimum atomic E-state index is -0.502. The van der Waals surface area contributed by atoms with Crippen LogP contribution in [-0.4, -0.2) is 14.9 Å². The quantitative estimate of drug-likeness (QED) is 0.551. The van der Waals surface area contributed by atoms with Crippen molar-refractivity contribution in [2.45, 2.75) is 13.0 Å². The highest BCUT2D eigenvalue weighted by molar-refractivity contribution is 7.18. The summed E-state index contributed by atoms with van der Waals surface area (Å²) < 4.78 is 0. The van der Waals surface area contributed by atoms with Crippen LogP contribution in [0, 0.1) is 10.1 Å². The lowest BCUT2D eigenvalue weighted by Gasteiger charge is -2.13. The molecule has 0 bridgehead atoms. The van der Waals surface area contributed by atoms with E-state index in [9.17, 15) is 14.9 Å². The topological polar surface area (TPSA) is 101 Å². The predicted octanol–water partition coefficient (Wildman–Crippen LogP) is 3.72. The van der Waals surface area contributed by atoms with Crippen LogP contribution in [0.3, 0.4) is 0 Å². The monoisotopic (exact) mass is 350 g/mol. The third-order valence-electron chi connectivity index (χ3n) is 3.31. The van der Waals surface area contributed by atoms with Crippen LogP contribution < -0.4 is 10.9 Å². The van der Waals surface area contributed by atoms with Crippen LogP contribution in [0.2, 0.25) is 5.02 Å². The normalized spacial score (nSPS) is 12.3. The minimum Gasteiger partial charge on any atom is -0.355 e. The van der Waals surface area contributed by atoms with Gasteiger partial charge in [0.15, 0.2) is 5.13 Å². The van der Waals surface area contributed by atoms with E-state index in [0.29, 0.717) is 21.2 Å². The second-order valence-electron chi connectivity index (χ2n) is 4.91. The summed E-state index contributed by atoms with van der Waals surface area (Å²) in [6.07, 6.45) is 1.18. The molecule has 2 heterocycles. The van der Waals surface area contributed by atoms with Gasteiger partial charge in [0.1, 0.15) is 6.20 Å². The first kappa shape index (κ1) is 15.4. The Hall–Kier alpha value is -2.45. The zero-order valence-electron chi connectivity index (χ0n) is 11.9. The van der Waals surface area contributed by atoms with Gasteiger partial charge in [0, 0.05) is 21.5 Å². The number of nitro groups is 1. The number of aromatic amines is 1. The van der Waals surface area contributed by atoms with Crippen LogP contribution in [0.25, 0.3) is 10.9 Å². The van der Waals surface area contributed by atoms with Crippen molar-refractivity contribution < 1.29 is 4.92 Å². The number of hydrogen-bond donors (Lipinski definition) is 2. The molecule has 7 nitrogen and oxygen atoms in total. The molecule has 2 N–H and O–H groups in total. The number of aromatic nitrogens is 2. The number of nitrogens with one attached hydrogen (secondary N) is 2. The van der Waals surface area contributed by atoms with Crippen LogP contribution in [0.15, 0.2) is 35.3 Å². The molecule has 0 spiro atoms. The first-order valence-electron chi connectivity index (χ1n) is 6.63. The van der Waals surface area contributed by atoms with Crippen molar-refractivity contribution in [2.75, 3.05) is 5.32 Å². The summed E-state index contributed by atoms with van der Waals surface area (Å²) in [6.45, 7) is 1.79. The highest BCUT2D eigenvalue weighted by atomic mass is 35.5. The molecule has 1 atom stereocenters. The second-order valence-corrected chi connectivity index (χ2v) is 6.36. The molecule has 0 aliphatic rings. The van der Waals surface area contributed by atoms with E-state index in [4.69, 9.17) is 11.6 Å². The first-order valence-corrected chi connectivity index (χ1v) is 7.83. The number of benzene rings is 1. The molecule has 9 heteroatoms. The Bertz CT molecular complexity index is 953. The number of pyridine rings is 1. The molecule has 0 aliphatic carbocycles. The number of fused-ring (bicyclic) bond motifs is 1. The average Bonchev–Trinajstić information content (AvgIpc) is 2.95. The Labute approximate surface area is 139 Å². The minimum absolute atomic E-state index is 0.0566. The highest BCUT2D eigenvalue weighted by Gasteiger charge is 2.16. The summed E-state index contributed by atoms with van der Waals surface area (Å²) in [7, 11) is 0. The van der Waals surface area contributed by atoms with Crippen LogP contribution in [0.1, 0.15) is 18.5 Å². The van der Waals surface area contributed by atoms with Gasteiger partial charge in [-0.05, 0) is 42.5 Å². The smallest absolute Gasteiger partial charge is 0.345 e. The summed E-state index contributed by atoms with van der Waals surface area (Å²) in [6, 6.07) is 6.59. The molecule has 3 rings (SSSR count). The Kier molecular flexibility index (Phi) is 4.01. The van der Waals surface area contributed by atoms with E-state index in [-0.39, 0.29) is 16.6 Å². The van der Waals surface area contributed by atoms with Crippen molar-refractivity contribution >= 4 is 44.0 Å². The number of H-pyrrole nitrogens is 1. The lowest BCUT2D eigenvalue weighted by Crippen LogP contribution is -2.19. The van der Waals surface area contributed by atoms with E-state index in [1.54, 1.807) is 31.2 Å². The van der Waals surface area contributed by atoms with Gasteiger partial charge in [-0.3, -0.25) is 14.9 Å². The molecule has 1 aromatic carbocycles. The largest absolute Gasteiger partial charge is 0.355 e.